The van der Waals surface area contributed by atoms with Crippen molar-refractivity contribution in [2.75, 3.05) is 11.9 Å². The van der Waals surface area contributed by atoms with E-state index < -0.39 is 15.9 Å². The maximum atomic E-state index is 14.3. The number of ether oxygens (including phenoxy) is 1. The van der Waals surface area contributed by atoms with Gasteiger partial charge in [-0.3, -0.25) is 4.98 Å². The van der Waals surface area contributed by atoms with Gasteiger partial charge in [0.25, 0.3) is 0 Å². The molecule has 1 atom stereocenters. The molecule has 3 heterocycles. The summed E-state index contributed by atoms with van der Waals surface area (Å²) in [4.78, 5) is 17.8. The highest BCUT2D eigenvalue weighted by Crippen LogP contribution is 2.38. The van der Waals surface area contributed by atoms with Gasteiger partial charge >= 0.3 is 6.03 Å². The summed E-state index contributed by atoms with van der Waals surface area (Å²) in [5, 5.41) is 7.40. The molecule has 2 amide bonds. The number of fused-ring (bicyclic) bond motifs is 3. The summed E-state index contributed by atoms with van der Waals surface area (Å²) in [6, 6.07) is 5.44. The summed E-state index contributed by atoms with van der Waals surface area (Å²) in [6.45, 7) is 1.31. The topological polar surface area (TPSA) is 111 Å². The van der Waals surface area contributed by atoms with Crippen LogP contribution in [0.4, 0.5) is 10.5 Å². The predicted molar refractivity (Wildman–Crippen MR) is 132 cm³/mol. The number of anilines is 1. The fourth-order valence-corrected chi connectivity index (χ4v) is 6.82. The molecule has 3 aliphatic rings. The highest BCUT2D eigenvalue weighted by atomic mass is 32.2. The number of nitrogens with one attached hydrogen (secondary N) is 2. The molecule has 1 unspecified atom stereocenters. The van der Waals surface area contributed by atoms with Crippen LogP contribution in [-0.4, -0.2) is 31.6 Å². The van der Waals surface area contributed by atoms with Crippen molar-refractivity contribution in [2.45, 2.75) is 62.9 Å². The van der Waals surface area contributed by atoms with E-state index in [4.69, 9.17) is 4.74 Å². The average molecular weight is 493 g/mol. The van der Waals surface area contributed by atoms with Crippen molar-refractivity contribution >= 4 is 21.6 Å². The minimum Gasteiger partial charge on any atom is -0.477 e. The monoisotopic (exact) mass is 492 g/mol. The van der Waals surface area contributed by atoms with Gasteiger partial charge in [0.05, 0.1) is 19.3 Å². The second-order valence-electron chi connectivity index (χ2n) is 9.20. The summed E-state index contributed by atoms with van der Waals surface area (Å²) in [5.74, 6) is 0.401. The molecule has 1 aliphatic heterocycles. The lowest BCUT2D eigenvalue weighted by Gasteiger charge is -2.19. The van der Waals surface area contributed by atoms with Crippen LogP contribution in [0.5, 0.6) is 5.88 Å². The summed E-state index contributed by atoms with van der Waals surface area (Å²) >= 11 is 0. The average Bonchev–Trinajstić information content (AvgIpc) is 3.62. The SMILES string of the molecule is O=C(Nc1c2c(cc3c1CCC3)CCC2)NS(=O)(=NCc1cccnc1)c1cnn2c1OCCC2. The molecule has 0 bridgehead atoms. The first-order chi connectivity index (χ1) is 17.1. The second-order valence-corrected chi connectivity index (χ2v) is 11.2. The van der Waals surface area contributed by atoms with Crippen LogP contribution in [0.3, 0.4) is 0 Å². The third-order valence-corrected chi connectivity index (χ3v) is 8.74. The van der Waals surface area contributed by atoms with E-state index in [0.29, 0.717) is 23.9 Å². The molecule has 2 aromatic heterocycles. The van der Waals surface area contributed by atoms with Crippen molar-refractivity contribution in [3.8, 4) is 5.88 Å². The number of benzene rings is 1. The number of nitrogens with zero attached hydrogens (tertiary/aromatic N) is 4. The maximum Gasteiger partial charge on any atom is 0.331 e. The largest absolute Gasteiger partial charge is 0.477 e. The number of pyridine rings is 1. The quantitative estimate of drug-likeness (QED) is 0.563. The molecule has 2 aliphatic carbocycles. The molecule has 0 fully saturated rings. The normalized spacial score (nSPS) is 17.5. The first-order valence-electron chi connectivity index (χ1n) is 12.2. The van der Waals surface area contributed by atoms with Crippen LogP contribution < -0.4 is 14.8 Å². The van der Waals surface area contributed by atoms with Gasteiger partial charge in [-0.2, -0.15) is 5.10 Å². The zero-order chi connectivity index (χ0) is 23.8. The van der Waals surface area contributed by atoms with Gasteiger partial charge in [-0.1, -0.05) is 12.1 Å². The standard InChI is InChI=1S/C25H28N6O3S/c32-25(29-23-20-8-1-6-18(20)13-19-7-2-9-21(19)23)30-35(33,28-15-17-5-3-10-26-14-17)22-16-27-31-11-4-12-34-24(22)31/h3,5,10,13-14,16H,1-2,4,6-9,11-12,15H2,(H2,28,29,30,32,33). The first-order valence-corrected chi connectivity index (χ1v) is 13.7. The Labute approximate surface area is 204 Å². The molecule has 0 saturated heterocycles. The van der Waals surface area contributed by atoms with E-state index in [1.54, 1.807) is 23.1 Å². The van der Waals surface area contributed by atoms with Crippen molar-refractivity contribution in [1.82, 2.24) is 19.5 Å². The van der Waals surface area contributed by atoms with E-state index in [-0.39, 0.29) is 6.54 Å². The van der Waals surface area contributed by atoms with E-state index in [1.165, 1.54) is 28.5 Å². The van der Waals surface area contributed by atoms with Crippen LogP contribution in [0.15, 0.2) is 46.0 Å². The molecule has 9 nitrogen and oxygen atoms in total. The first kappa shape index (κ1) is 22.1. The Kier molecular flexibility index (Phi) is 5.68. The molecule has 6 rings (SSSR count). The number of hydrogen-bond donors (Lipinski definition) is 2. The second kappa shape index (κ2) is 8.99. The number of aromatic nitrogens is 3. The van der Waals surface area contributed by atoms with E-state index in [0.717, 1.165) is 56.2 Å². The number of urea groups is 1. The zero-order valence-electron chi connectivity index (χ0n) is 19.5. The van der Waals surface area contributed by atoms with E-state index >= 15 is 0 Å². The van der Waals surface area contributed by atoms with E-state index in [9.17, 15) is 9.00 Å². The van der Waals surface area contributed by atoms with Gasteiger partial charge in [-0.15, -0.1) is 0 Å². The van der Waals surface area contributed by atoms with Crippen LogP contribution in [0.25, 0.3) is 0 Å². The Hall–Kier alpha value is -3.40. The molecule has 182 valence electrons. The molecule has 1 aromatic carbocycles. The Morgan fingerprint density at radius 1 is 1.11 bits per heavy atom. The van der Waals surface area contributed by atoms with Gasteiger partial charge in [-0.25, -0.2) is 22.8 Å². The number of rotatable bonds is 5. The number of hydrogen-bond acceptors (Lipinski definition) is 6. The van der Waals surface area contributed by atoms with Gasteiger partial charge in [0.2, 0.25) is 5.88 Å². The van der Waals surface area contributed by atoms with Crippen LogP contribution in [0.1, 0.15) is 47.1 Å². The van der Waals surface area contributed by atoms with Crippen LogP contribution >= 0.6 is 0 Å². The van der Waals surface area contributed by atoms with Gasteiger partial charge in [0, 0.05) is 31.0 Å². The number of carbonyl (C=O) groups is 1. The van der Waals surface area contributed by atoms with Crippen LogP contribution in [0.2, 0.25) is 0 Å². The van der Waals surface area contributed by atoms with Crippen molar-refractivity contribution in [3.05, 3.63) is 64.6 Å². The van der Waals surface area contributed by atoms with Gasteiger partial charge in [-0.05, 0) is 72.4 Å². The molecule has 0 spiro atoms. The minimum atomic E-state index is -3.38. The summed E-state index contributed by atoms with van der Waals surface area (Å²) in [6.07, 6.45) is 11.8. The summed E-state index contributed by atoms with van der Waals surface area (Å²) < 4.78 is 28.9. The molecular formula is C25H28N6O3S. The Balaban J connectivity index is 1.34. The number of aryl methyl sites for hydroxylation is 3. The minimum absolute atomic E-state index is 0.133. The van der Waals surface area contributed by atoms with Crippen molar-refractivity contribution in [3.63, 3.8) is 0 Å². The Morgan fingerprint density at radius 2 is 1.91 bits per heavy atom. The summed E-state index contributed by atoms with van der Waals surface area (Å²) in [5.41, 5.74) is 6.76. The molecule has 10 heteroatoms. The molecule has 0 radical (unpaired) electrons. The molecule has 2 N–H and O–H groups in total. The Bertz CT molecular complexity index is 1380. The maximum absolute atomic E-state index is 14.3. The van der Waals surface area contributed by atoms with Crippen molar-refractivity contribution in [1.29, 1.82) is 0 Å². The highest BCUT2D eigenvalue weighted by Gasteiger charge is 2.29. The third-order valence-electron chi connectivity index (χ3n) is 6.91. The molecule has 0 saturated carbocycles. The van der Waals surface area contributed by atoms with Gasteiger partial charge < -0.3 is 10.1 Å². The Morgan fingerprint density at radius 3 is 2.66 bits per heavy atom. The van der Waals surface area contributed by atoms with Gasteiger partial charge in [0.1, 0.15) is 4.90 Å². The predicted octanol–water partition coefficient (Wildman–Crippen LogP) is 3.80. The van der Waals surface area contributed by atoms with E-state index in [2.05, 4.69) is 30.6 Å². The zero-order valence-corrected chi connectivity index (χ0v) is 20.3. The van der Waals surface area contributed by atoms with Crippen molar-refractivity contribution < 1.29 is 13.7 Å². The van der Waals surface area contributed by atoms with Crippen LogP contribution in [-0.2, 0) is 48.7 Å². The fourth-order valence-electron chi connectivity index (χ4n) is 5.28. The number of amides is 2. The number of carbonyl (C=O) groups excluding carboxylic acids is 1. The lowest BCUT2D eigenvalue weighted by Crippen LogP contribution is -2.35. The lowest BCUT2D eigenvalue weighted by molar-refractivity contribution is 0.224. The highest BCUT2D eigenvalue weighted by molar-refractivity contribution is 7.92. The van der Waals surface area contributed by atoms with E-state index in [1.807, 2.05) is 6.07 Å². The lowest BCUT2D eigenvalue weighted by atomic mass is 9.99. The van der Waals surface area contributed by atoms with Crippen LogP contribution in [0, 0.1) is 0 Å². The fraction of sp³-hybridized carbons (Fsp3) is 0.400. The summed E-state index contributed by atoms with van der Waals surface area (Å²) in [7, 11) is -3.38. The van der Waals surface area contributed by atoms with Crippen molar-refractivity contribution in [2.24, 2.45) is 4.36 Å². The van der Waals surface area contributed by atoms with Gasteiger partial charge in [0.15, 0.2) is 9.92 Å². The third kappa shape index (κ3) is 4.16. The molecular weight excluding hydrogens is 464 g/mol. The molecule has 35 heavy (non-hydrogen) atoms. The molecule has 3 aromatic rings. The smallest absolute Gasteiger partial charge is 0.331 e.